The van der Waals surface area contributed by atoms with E-state index in [4.69, 9.17) is 4.74 Å². The van der Waals surface area contributed by atoms with Gasteiger partial charge in [0, 0.05) is 12.7 Å². The normalized spacial score (nSPS) is 14.4. The Morgan fingerprint density at radius 3 is 2.85 bits per heavy atom. The van der Waals surface area contributed by atoms with Gasteiger partial charge in [-0.15, -0.1) is 0 Å². The first-order chi connectivity index (χ1) is 9.60. The van der Waals surface area contributed by atoms with Crippen LogP contribution in [0.25, 0.3) is 6.08 Å². The van der Waals surface area contributed by atoms with E-state index < -0.39 is 0 Å². The van der Waals surface area contributed by atoms with Gasteiger partial charge in [-0.1, -0.05) is 6.07 Å². The second-order valence-electron chi connectivity index (χ2n) is 5.30. The van der Waals surface area contributed by atoms with Gasteiger partial charge < -0.3 is 14.5 Å². The van der Waals surface area contributed by atoms with E-state index in [-0.39, 0.29) is 5.91 Å². The van der Waals surface area contributed by atoms with Crippen molar-refractivity contribution in [3.8, 4) is 5.75 Å². The summed E-state index contributed by atoms with van der Waals surface area (Å²) in [5.41, 5.74) is 2.12. The summed E-state index contributed by atoms with van der Waals surface area (Å²) < 4.78 is 5.22. The highest BCUT2D eigenvalue weighted by molar-refractivity contribution is 5.83. The molecule has 1 heterocycles. The molecule has 1 aliphatic rings. The van der Waals surface area contributed by atoms with Crippen LogP contribution < -0.4 is 4.74 Å². The van der Waals surface area contributed by atoms with E-state index in [0.29, 0.717) is 6.42 Å². The van der Waals surface area contributed by atoms with Gasteiger partial charge in [0.1, 0.15) is 5.75 Å². The Morgan fingerprint density at radius 1 is 1.35 bits per heavy atom. The van der Waals surface area contributed by atoms with Gasteiger partial charge >= 0.3 is 0 Å². The number of hydrogen-bond acceptors (Lipinski definition) is 3. The van der Waals surface area contributed by atoms with Gasteiger partial charge in [0.25, 0.3) is 0 Å². The molecule has 0 saturated heterocycles. The zero-order valence-electron chi connectivity index (χ0n) is 12.4. The molecule has 4 heteroatoms. The van der Waals surface area contributed by atoms with Gasteiger partial charge in [-0.3, -0.25) is 4.79 Å². The molecular weight excluding hydrogens is 252 g/mol. The van der Waals surface area contributed by atoms with Crippen LogP contribution in [0.1, 0.15) is 17.5 Å². The van der Waals surface area contributed by atoms with E-state index in [2.05, 4.69) is 4.90 Å². The van der Waals surface area contributed by atoms with Gasteiger partial charge in [-0.05, 0) is 56.4 Å². The van der Waals surface area contributed by atoms with E-state index >= 15 is 0 Å². The molecule has 2 rings (SSSR count). The number of methoxy groups -OCH3 is 1. The Bertz CT molecular complexity index is 509. The number of rotatable bonds is 5. The topological polar surface area (TPSA) is 32.8 Å². The number of carbonyl (C=O) groups excluding carboxylic acids is 1. The first kappa shape index (κ1) is 14.6. The van der Waals surface area contributed by atoms with Crippen molar-refractivity contribution in [3.63, 3.8) is 0 Å². The Labute approximate surface area is 120 Å². The standard InChI is InChI=1S/C16H22N2O2/c1-17(2)8-4-9-18-10-7-13-5-6-15(20-3)11-14(13)12-16(18)19/h5-7,10-11H,4,8-9,12H2,1-3H3. The number of benzene rings is 1. The molecular formula is C16H22N2O2. The molecule has 0 unspecified atom stereocenters. The van der Waals surface area contributed by atoms with Crippen molar-refractivity contribution in [3.05, 3.63) is 35.5 Å². The van der Waals surface area contributed by atoms with Crippen LogP contribution in [0.2, 0.25) is 0 Å². The number of carbonyl (C=O) groups is 1. The van der Waals surface area contributed by atoms with Crippen molar-refractivity contribution in [2.75, 3.05) is 34.3 Å². The zero-order chi connectivity index (χ0) is 14.5. The molecule has 1 aromatic rings. The molecule has 1 amide bonds. The van der Waals surface area contributed by atoms with Crippen LogP contribution in [0, 0.1) is 0 Å². The van der Waals surface area contributed by atoms with Gasteiger partial charge in [0.2, 0.25) is 5.91 Å². The molecule has 0 N–H and O–H groups in total. The Kier molecular flexibility index (Phi) is 4.79. The van der Waals surface area contributed by atoms with Crippen molar-refractivity contribution < 1.29 is 9.53 Å². The van der Waals surface area contributed by atoms with Crippen molar-refractivity contribution in [2.45, 2.75) is 12.8 Å². The van der Waals surface area contributed by atoms with Crippen molar-refractivity contribution in [1.29, 1.82) is 0 Å². The maximum absolute atomic E-state index is 12.3. The van der Waals surface area contributed by atoms with Crippen LogP contribution in [0.4, 0.5) is 0 Å². The first-order valence-corrected chi connectivity index (χ1v) is 6.89. The summed E-state index contributed by atoms with van der Waals surface area (Å²) >= 11 is 0. The third-order valence-corrected chi connectivity index (χ3v) is 3.45. The summed E-state index contributed by atoms with van der Waals surface area (Å²) in [6.45, 7) is 1.75. The van der Waals surface area contributed by atoms with E-state index in [1.54, 1.807) is 7.11 Å². The number of fused-ring (bicyclic) bond motifs is 1. The number of hydrogen-bond donors (Lipinski definition) is 0. The summed E-state index contributed by atoms with van der Waals surface area (Å²) in [7, 11) is 5.73. The summed E-state index contributed by atoms with van der Waals surface area (Å²) in [5.74, 6) is 0.943. The molecule has 0 fully saturated rings. The second kappa shape index (κ2) is 6.57. The van der Waals surface area contributed by atoms with Crippen molar-refractivity contribution in [1.82, 2.24) is 9.80 Å². The van der Waals surface area contributed by atoms with Crippen LogP contribution in [0.5, 0.6) is 5.75 Å². The predicted octanol–water partition coefficient (Wildman–Crippen LogP) is 2.00. The molecule has 0 aliphatic carbocycles. The van der Waals surface area contributed by atoms with Gasteiger partial charge in [0.15, 0.2) is 0 Å². The van der Waals surface area contributed by atoms with E-state index in [1.807, 2.05) is 49.5 Å². The SMILES string of the molecule is COc1ccc2c(c1)CC(=O)N(CCCN(C)C)C=C2. The van der Waals surface area contributed by atoms with Crippen molar-refractivity contribution >= 4 is 12.0 Å². The minimum absolute atomic E-state index is 0.145. The molecule has 0 spiro atoms. The number of nitrogens with zero attached hydrogens (tertiary/aromatic N) is 2. The Balaban J connectivity index is 2.07. The predicted molar refractivity (Wildman–Crippen MR) is 80.6 cm³/mol. The molecule has 108 valence electrons. The minimum Gasteiger partial charge on any atom is -0.497 e. The lowest BCUT2D eigenvalue weighted by molar-refractivity contribution is -0.127. The summed E-state index contributed by atoms with van der Waals surface area (Å²) in [5, 5.41) is 0. The van der Waals surface area contributed by atoms with Crippen LogP contribution in [0.3, 0.4) is 0 Å². The fourth-order valence-corrected chi connectivity index (χ4v) is 2.30. The van der Waals surface area contributed by atoms with Gasteiger partial charge in [-0.2, -0.15) is 0 Å². The van der Waals surface area contributed by atoms with Crippen LogP contribution >= 0.6 is 0 Å². The smallest absolute Gasteiger partial charge is 0.230 e. The third-order valence-electron chi connectivity index (χ3n) is 3.45. The van der Waals surface area contributed by atoms with Gasteiger partial charge in [0.05, 0.1) is 13.5 Å². The van der Waals surface area contributed by atoms with Gasteiger partial charge in [-0.25, -0.2) is 0 Å². The fourth-order valence-electron chi connectivity index (χ4n) is 2.30. The van der Waals surface area contributed by atoms with Crippen LogP contribution in [0.15, 0.2) is 24.4 Å². The molecule has 1 aliphatic heterocycles. The average molecular weight is 274 g/mol. The minimum atomic E-state index is 0.145. The highest BCUT2D eigenvalue weighted by Gasteiger charge is 2.17. The molecule has 20 heavy (non-hydrogen) atoms. The Hall–Kier alpha value is -1.81. The lowest BCUT2D eigenvalue weighted by atomic mass is 10.0. The Morgan fingerprint density at radius 2 is 2.15 bits per heavy atom. The molecule has 0 aromatic heterocycles. The largest absolute Gasteiger partial charge is 0.497 e. The molecule has 0 atom stereocenters. The number of ether oxygens (including phenoxy) is 1. The first-order valence-electron chi connectivity index (χ1n) is 6.89. The molecule has 4 nitrogen and oxygen atoms in total. The lowest BCUT2D eigenvalue weighted by Crippen LogP contribution is -2.29. The maximum atomic E-state index is 12.3. The highest BCUT2D eigenvalue weighted by atomic mass is 16.5. The molecule has 0 bridgehead atoms. The van der Waals surface area contributed by atoms with E-state index in [9.17, 15) is 4.79 Å². The van der Waals surface area contributed by atoms with E-state index in [0.717, 1.165) is 36.4 Å². The van der Waals surface area contributed by atoms with Crippen LogP contribution in [-0.2, 0) is 11.2 Å². The average Bonchev–Trinajstić information content (AvgIpc) is 2.57. The maximum Gasteiger partial charge on any atom is 0.230 e. The highest BCUT2D eigenvalue weighted by Crippen LogP contribution is 2.22. The monoisotopic (exact) mass is 274 g/mol. The molecule has 0 radical (unpaired) electrons. The quantitative estimate of drug-likeness (QED) is 0.823. The molecule has 1 aromatic carbocycles. The van der Waals surface area contributed by atoms with E-state index in [1.165, 1.54) is 0 Å². The summed E-state index contributed by atoms with van der Waals surface area (Å²) in [6, 6.07) is 5.87. The summed E-state index contributed by atoms with van der Waals surface area (Å²) in [4.78, 5) is 16.2. The summed E-state index contributed by atoms with van der Waals surface area (Å²) in [6.07, 6.45) is 5.32. The third kappa shape index (κ3) is 3.61. The second-order valence-corrected chi connectivity index (χ2v) is 5.30. The number of amides is 1. The van der Waals surface area contributed by atoms with Crippen molar-refractivity contribution in [2.24, 2.45) is 0 Å². The molecule has 0 saturated carbocycles. The lowest BCUT2D eigenvalue weighted by Gasteiger charge is -2.18. The zero-order valence-corrected chi connectivity index (χ0v) is 12.4. The van der Waals surface area contributed by atoms with Crippen LogP contribution in [-0.4, -0.2) is 50.0 Å². The fraction of sp³-hybridized carbons (Fsp3) is 0.438.